The molecule has 0 spiro atoms. The molecule has 0 radical (unpaired) electrons. The zero-order valence-electron chi connectivity index (χ0n) is 13.2. The van der Waals surface area contributed by atoms with Crippen molar-refractivity contribution in [2.24, 2.45) is 5.92 Å². The van der Waals surface area contributed by atoms with Gasteiger partial charge in [0, 0.05) is 6.54 Å². The highest BCUT2D eigenvalue weighted by Crippen LogP contribution is 2.30. The lowest BCUT2D eigenvalue weighted by molar-refractivity contribution is -0.137. The fourth-order valence-electron chi connectivity index (χ4n) is 2.67. The van der Waals surface area contributed by atoms with Gasteiger partial charge in [-0.25, -0.2) is 4.68 Å². The first-order valence-electron chi connectivity index (χ1n) is 7.67. The molecular formula is C16H18ClF3N4O. The second-order valence-electron chi connectivity index (χ2n) is 5.75. The summed E-state index contributed by atoms with van der Waals surface area (Å²) in [4.78, 5) is 12.2. The molecule has 5 nitrogen and oxygen atoms in total. The summed E-state index contributed by atoms with van der Waals surface area (Å²) in [5.74, 6) is -0.207. The SMILES string of the molecule is Cl.O=C(Nc1cnn(-c2cccc(C(F)(F)F)c2)c1)C1CCCNC1. The molecule has 1 aliphatic heterocycles. The second kappa shape index (κ2) is 7.88. The molecule has 0 saturated carbocycles. The zero-order chi connectivity index (χ0) is 17.2. The summed E-state index contributed by atoms with van der Waals surface area (Å²) in [7, 11) is 0. The number of anilines is 1. The van der Waals surface area contributed by atoms with Gasteiger partial charge < -0.3 is 10.6 Å². The molecule has 1 atom stereocenters. The van der Waals surface area contributed by atoms with Gasteiger partial charge >= 0.3 is 6.18 Å². The van der Waals surface area contributed by atoms with Crippen LogP contribution in [0.5, 0.6) is 0 Å². The first-order chi connectivity index (χ1) is 11.4. The van der Waals surface area contributed by atoms with Crippen molar-refractivity contribution in [1.29, 1.82) is 0 Å². The molecule has 1 aliphatic rings. The topological polar surface area (TPSA) is 59.0 Å². The third-order valence-electron chi connectivity index (χ3n) is 3.96. The number of hydrogen-bond acceptors (Lipinski definition) is 3. The molecule has 25 heavy (non-hydrogen) atoms. The van der Waals surface area contributed by atoms with Crippen molar-refractivity contribution >= 4 is 24.0 Å². The Bertz CT molecular complexity index is 726. The number of alkyl halides is 3. The van der Waals surface area contributed by atoms with Gasteiger partial charge in [-0.15, -0.1) is 12.4 Å². The van der Waals surface area contributed by atoms with Crippen LogP contribution in [0.1, 0.15) is 18.4 Å². The van der Waals surface area contributed by atoms with Crippen molar-refractivity contribution in [3.63, 3.8) is 0 Å². The lowest BCUT2D eigenvalue weighted by atomic mass is 9.99. The minimum Gasteiger partial charge on any atom is -0.323 e. The fraction of sp³-hybridized carbons (Fsp3) is 0.375. The molecule has 3 rings (SSSR count). The molecule has 1 saturated heterocycles. The molecule has 1 amide bonds. The van der Waals surface area contributed by atoms with Crippen molar-refractivity contribution < 1.29 is 18.0 Å². The van der Waals surface area contributed by atoms with E-state index in [1.54, 1.807) is 0 Å². The van der Waals surface area contributed by atoms with Crippen LogP contribution in [0.4, 0.5) is 18.9 Å². The number of piperidine rings is 1. The van der Waals surface area contributed by atoms with E-state index in [0.29, 0.717) is 12.2 Å². The van der Waals surface area contributed by atoms with Gasteiger partial charge in [-0.3, -0.25) is 4.79 Å². The first kappa shape index (κ1) is 19.3. The van der Waals surface area contributed by atoms with Crippen LogP contribution in [-0.2, 0) is 11.0 Å². The molecule has 2 heterocycles. The predicted octanol–water partition coefficient (Wildman–Crippen LogP) is 3.25. The number of hydrogen-bond donors (Lipinski definition) is 2. The summed E-state index contributed by atoms with van der Waals surface area (Å²) in [5.41, 5.74) is 0.00186. The van der Waals surface area contributed by atoms with Gasteiger partial charge in [-0.1, -0.05) is 6.07 Å². The number of benzene rings is 1. The Morgan fingerprint density at radius 3 is 2.84 bits per heavy atom. The number of amides is 1. The van der Waals surface area contributed by atoms with Crippen molar-refractivity contribution in [1.82, 2.24) is 15.1 Å². The molecule has 1 fully saturated rings. The van der Waals surface area contributed by atoms with Crippen molar-refractivity contribution in [2.75, 3.05) is 18.4 Å². The van der Waals surface area contributed by atoms with Gasteiger partial charge in [0.05, 0.1) is 35.2 Å². The van der Waals surface area contributed by atoms with E-state index < -0.39 is 11.7 Å². The monoisotopic (exact) mass is 374 g/mol. The van der Waals surface area contributed by atoms with Gasteiger partial charge in [0.2, 0.25) is 5.91 Å². The summed E-state index contributed by atoms with van der Waals surface area (Å²) in [6.07, 6.45) is 0.286. The number of nitrogens with zero attached hydrogens (tertiary/aromatic N) is 2. The number of rotatable bonds is 3. The van der Waals surface area contributed by atoms with E-state index in [-0.39, 0.29) is 29.9 Å². The summed E-state index contributed by atoms with van der Waals surface area (Å²) in [6.45, 7) is 1.55. The Hall–Kier alpha value is -2.06. The number of aromatic nitrogens is 2. The molecule has 1 aromatic heterocycles. The van der Waals surface area contributed by atoms with Gasteiger partial charge in [0.25, 0.3) is 0 Å². The molecular weight excluding hydrogens is 357 g/mol. The Kier molecular flexibility index (Phi) is 6.07. The van der Waals surface area contributed by atoms with E-state index in [9.17, 15) is 18.0 Å². The van der Waals surface area contributed by atoms with Crippen molar-refractivity contribution in [3.8, 4) is 5.69 Å². The van der Waals surface area contributed by atoms with E-state index >= 15 is 0 Å². The van der Waals surface area contributed by atoms with Crippen LogP contribution in [0.2, 0.25) is 0 Å². The van der Waals surface area contributed by atoms with Crippen LogP contribution in [0.15, 0.2) is 36.7 Å². The van der Waals surface area contributed by atoms with Crippen molar-refractivity contribution in [2.45, 2.75) is 19.0 Å². The highest BCUT2D eigenvalue weighted by Gasteiger charge is 2.30. The number of nitrogens with one attached hydrogen (secondary N) is 2. The van der Waals surface area contributed by atoms with Crippen LogP contribution in [0.3, 0.4) is 0 Å². The summed E-state index contributed by atoms with van der Waals surface area (Å²) < 4.78 is 39.6. The number of carbonyl (C=O) groups excluding carboxylic acids is 1. The molecule has 136 valence electrons. The molecule has 2 N–H and O–H groups in total. The molecule has 0 aliphatic carbocycles. The van der Waals surface area contributed by atoms with Crippen LogP contribution in [0, 0.1) is 5.92 Å². The highest BCUT2D eigenvalue weighted by molar-refractivity contribution is 5.92. The lowest BCUT2D eigenvalue weighted by Gasteiger charge is -2.21. The van der Waals surface area contributed by atoms with Gasteiger partial charge in [0.1, 0.15) is 0 Å². The smallest absolute Gasteiger partial charge is 0.323 e. The molecule has 9 heteroatoms. The van der Waals surface area contributed by atoms with E-state index in [0.717, 1.165) is 31.5 Å². The summed E-state index contributed by atoms with van der Waals surface area (Å²) in [6, 6.07) is 4.88. The molecule has 1 unspecified atom stereocenters. The summed E-state index contributed by atoms with van der Waals surface area (Å²) >= 11 is 0. The molecule has 1 aromatic carbocycles. The Morgan fingerprint density at radius 1 is 1.36 bits per heavy atom. The highest BCUT2D eigenvalue weighted by atomic mass is 35.5. The average molecular weight is 375 g/mol. The first-order valence-corrected chi connectivity index (χ1v) is 7.67. The minimum absolute atomic E-state index is 0. The maximum atomic E-state index is 12.8. The van der Waals surface area contributed by atoms with E-state index in [4.69, 9.17) is 0 Å². The largest absolute Gasteiger partial charge is 0.416 e. The summed E-state index contributed by atoms with van der Waals surface area (Å²) in [5, 5.41) is 9.95. The van der Waals surface area contributed by atoms with Crippen molar-refractivity contribution in [3.05, 3.63) is 42.2 Å². The Balaban J connectivity index is 0.00000225. The van der Waals surface area contributed by atoms with E-state index in [2.05, 4.69) is 15.7 Å². The Labute approximate surface area is 149 Å². The quantitative estimate of drug-likeness (QED) is 0.867. The van der Waals surface area contributed by atoms with Gasteiger partial charge in [-0.05, 0) is 37.6 Å². The number of carbonyl (C=O) groups is 1. The Morgan fingerprint density at radius 2 is 2.16 bits per heavy atom. The standard InChI is InChI=1S/C16H17F3N4O.ClH/c17-16(18,19)12-4-1-5-14(7-12)23-10-13(9-21-23)22-15(24)11-3-2-6-20-8-11;/h1,4-5,7,9-11,20H,2-3,6,8H2,(H,22,24);1H. The van der Waals surface area contributed by atoms with E-state index in [1.165, 1.54) is 29.2 Å². The molecule has 0 bridgehead atoms. The third kappa shape index (κ3) is 4.73. The van der Waals surface area contributed by atoms with Gasteiger partial charge in [-0.2, -0.15) is 18.3 Å². The second-order valence-corrected chi connectivity index (χ2v) is 5.75. The minimum atomic E-state index is -4.41. The van der Waals surface area contributed by atoms with Crippen LogP contribution >= 0.6 is 12.4 Å². The third-order valence-corrected chi connectivity index (χ3v) is 3.96. The van der Waals surface area contributed by atoms with Crippen LogP contribution in [-0.4, -0.2) is 28.8 Å². The maximum absolute atomic E-state index is 12.8. The normalized spacial score (nSPS) is 17.6. The number of halogens is 4. The van der Waals surface area contributed by atoms with E-state index in [1.807, 2.05) is 0 Å². The zero-order valence-corrected chi connectivity index (χ0v) is 14.0. The fourth-order valence-corrected chi connectivity index (χ4v) is 2.67. The van der Waals surface area contributed by atoms with Crippen LogP contribution in [0.25, 0.3) is 5.69 Å². The maximum Gasteiger partial charge on any atom is 0.416 e. The van der Waals surface area contributed by atoms with Crippen LogP contribution < -0.4 is 10.6 Å². The molecule has 2 aromatic rings. The average Bonchev–Trinajstić information content (AvgIpc) is 3.03. The van der Waals surface area contributed by atoms with Gasteiger partial charge in [0.15, 0.2) is 0 Å². The predicted molar refractivity (Wildman–Crippen MR) is 90.0 cm³/mol. The lowest BCUT2D eigenvalue weighted by Crippen LogP contribution is -2.37.